The van der Waals surface area contributed by atoms with Gasteiger partial charge in [0, 0.05) is 30.1 Å². The Balaban J connectivity index is 2.26. The second-order valence-electron chi connectivity index (χ2n) is 4.72. The molecule has 0 aliphatic carbocycles. The van der Waals surface area contributed by atoms with Gasteiger partial charge in [-0.2, -0.15) is 11.8 Å². The van der Waals surface area contributed by atoms with Gasteiger partial charge in [0.2, 0.25) is 0 Å². The lowest BCUT2D eigenvalue weighted by atomic mass is 10.1. The van der Waals surface area contributed by atoms with Gasteiger partial charge in [-0.3, -0.25) is 9.69 Å². The molecule has 0 aromatic heterocycles. The van der Waals surface area contributed by atoms with E-state index < -0.39 is 16.8 Å². The summed E-state index contributed by atoms with van der Waals surface area (Å²) in [6.07, 6.45) is 0. The van der Waals surface area contributed by atoms with E-state index in [4.69, 9.17) is 15.6 Å². The molecule has 17 heavy (non-hydrogen) atoms. The van der Waals surface area contributed by atoms with Gasteiger partial charge >= 0.3 is 5.97 Å². The number of thioether (sulfide) groups is 1. The van der Waals surface area contributed by atoms with Crippen LogP contribution in [0.2, 0.25) is 0 Å². The summed E-state index contributed by atoms with van der Waals surface area (Å²) < 4.78 is 4.84. The number of carboxylic acid groups (broad SMARTS) is 1. The van der Waals surface area contributed by atoms with Crippen molar-refractivity contribution in [3.63, 3.8) is 0 Å². The zero-order valence-electron chi connectivity index (χ0n) is 10.5. The summed E-state index contributed by atoms with van der Waals surface area (Å²) in [7, 11) is 0. The normalized spacial score (nSPS) is 20.2. The quantitative estimate of drug-likeness (QED) is 0.714. The van der Waals surface area contributed by atoms with Gasteiger partial charge in [-0.15, -0.1) is 0 Å². The van der Waals surface area contributed by atoms with Crippen LogP contribution >= 0.6 is 11.8 Å². The van der Waals surface area contributed by atoms with Gasteiger partial charge in [-0.05, 0) is 13.8 Å². The van der Waals surface area contributed by atoms with Gasteiger partial charge in [-0.25, -0.2) is 0 Å². The first-order valence-electron chi connectivity index (χ1n) is 5.86. The zero-order chi connectivity index (χ0) is 12.9. The van der Waals surface area contributed by atoms with E-state index >= 15 is 0 Å². The number of carboxylic acids is 1. The Kier molecular flexibility index (Phi) is 5.72. The number of nitrogens with zero attached hydrogens (tertiary/aromatic N) is 1. The molecule has 0 bridgehead atoms. The molecule has 0 aromatic rings. The van der Waals surface area contributed by atoms with Crippen LogP contribution in [-0.4, -0.2) is 65.4 Å². The van der Waals surface area contributed by atoms with E-state index in [1.54, 1.807) is 11.8 Å². The third-order valence-electron chi connectivity index (χ3n) is 3.00. The minimum absolute atomic E-state index is 0.432. The van der Waals surface area contributed by atoms with Gasteiger partial charge in [0.25, 0.3) is 0 Å². The number of hydrogen-bond donors (Lipinski definition) is 2. The van der Waals surface area contributed by atoms with E-state index in [2.05, 4.69) is 4.90 Å². The second-order valence-corrected chi connectivity index (χ2v) is 6.47. The minimum atomic E-state index is -0.936. The summed E-state index contributed by atoms with van der Waals surface area (Å²) in [6.45, 7) is 8.25. The average molecular weight is 262 g/mol. The molecular weight excluding hydrogens is 240 g/mol. The lowest BCUT2D eigenvalue weighted by Gasteiger charge is -2.31. The lowest BCUT2D eigenvalue weighted by Crippen LogP contribution is -2.47. The van der Waals surface area contributed by atoms with Crippen molar-refractivity contribution in [2.24, 2.45) is 5.73 Å². The predicted molar refractivity (Wildman–Crippen MR) is 69.4 cm³/mol. The number of ether oxygens (including phenoxy) is 1. The van der Waals surface area contributed by atoms with Crippen LogP contribution in [0.15, 0.2) is 0 Å². The molecule has 5 nitrogen and oxygen atoms in total. The van der Waals surface area contributed by atoms with E-state index in [0.717, 1.165) is 38.6 Å². The van der Waals surface area contributed by atoms with Crippen LogP contribution in [0.5, 0.6) is 0 Å². The van der Waals surface area contributed by atoms with Crippen molar-refractivity contribution in [2.45, 2.75) is 24.6 Å². The van der Waals surface area contributed by atoms with Crippen molar-refractivity contribution >= 4 is 17.7 Å². The largest absolute Gasteiger partial charge is 0.480 e. The number of aliphatic carboxylic acids is 1. The van der Waals surface area contributed by atoms with E-state index in [0.29, 0.717) is 0 Å². The monoisotopic (exact) mass is 262 g/mol. The van der Waals surface area contributed by atoms with Gasteiger partial charge in [0.05, 0.1) is 13.2 Å². The summed E-state index contributed by atoms with van der Waals surface area (Å²) in [4.78, 5) is 13.2. The fraction of sp³-hybridized carbons (Fsp3) is 0.909. The van der Waals surface area contributed by atoms with E-state index in [1.165, 1.54) is 0 Å². The molecule has 100 valence electrons. The first-order chi connectivity index (χ1) is 7.93. The van der Waals surface area contributed by atoms with Gasteiger partial charge < -0.3 is 15.6 Å². The Morgan fingerprint density at radius 1 is 1.53 bits per heavy atom. The fourth-order valence-corrected chi connectivity index (χ4v) is 2.81. The Labute approximate surface area is 107 Å². The molecular formula is C11H22N2O3S. The molecule has 1 rings (SSSR count). The van der Waals surface area contributed by atoms with E-state index in [-0.39, 0.29) is 0 Å². The van der Waals surface area contributed by atoms with Crippen molar-refractivity contribution in [3.8, 4) is 0 Å². The molecule has 0 unspecified atom stereocenters. The van der Waals surface area contributed by atoms with Crippen LogP contribution < -0.4 is 5.73 Å². The van der Waals surface area contributed by atoms with Crippen molar-refractivity contribution in [3.05, 3.63) is 0 Å². The van der Waals surface area contributed by atoms with Crippen molar-refractivity contribution in [1.29, 1.82) is 0 Å². The Bertz CT molecular complexity index is 255. The summed E-state index contributed by atoms with van der Waals surface area (Å²) in [6, 6.07) is -0.822. The topological polar surface area (TPSA) is 75.8 Å². The fourth-order valence-electron chi connectivity index (χ4n) is 1.65. The third kappa shape index (κ3) is 4.83. The highest BCUT2D eigenvalue weighted by atomic mass is 32.2. The summed E-state index contributed by atoms with van der Waals surface area (Å²) in [5.74, 6) is -0.0394. The molecule has 1 atom stereocenters. The highest BCUT2D eigenvalue weighted by Gasteiger charge is 2.32. The van der Waals surface area contributed by atoms with Crippen LogP contribution in [0, 0.1) is 0 Å². The Morgan fingerprint density at radius 3 is 2.65 bits per heavy atom. The smallest absolute Gasteiger partial charge is 0.321 e. The van der Waals surface area contributed by atoms with Crippen LogP contribution in [0.4, 0.5) is 0 Å². The van der Waals surface area contributed by atoms with Gasteiger partial charge in [-0.1, -0.05) is 0 Å². The highest BCUT2D eigenvalue weighted by Crippen LogP contribution is 2.27. The average Bonchev–Trinajstić information content (AvgIpc) is 2.29. The van der Waals surface area contributed by atoms with Crippen molar-refractivity contribution in [1.82, 2.24) is 4.90 Å². The molecule has 0 radical (unpaired) electrons. The number of morpholine rings is 1. The highest BCUT2D eigenvalue weighted by molar-refractivity contribution is 8.00. The molecule has 0 spiro atoms. The van der Waals surface area contributed by atoms with Crippen LogP contribution in [0.3, 0.4) is 0 Å². The first-order valence-corrected chi connectivity index (χ1v) is 6.84. The second kappa shape index (κ2) is 6.58. The van der Waals surface area contributed by atoms with Crippen LogP contribution in [0.1, 0.15) is 13.8 Å². The minimum Gasteiger partial charge on any atom is -0.480 e. The van der Waals surface area contributed by atoms with Crippen LogP contribution in [-0.2, 0) is 9.53 Å². The van der Waals surface area contributed by atoms with Gasteiger partial charge in [0.1, 0.15) is 6.04 Å². The third-order valence-corrected chi connectivity index (χ3v) is 4.38. The van der Waals surface area contributed by atoms with Crippen molar-refractivity contribution < 1.29 is 14.6 Å². The zero-order valence-corrected chi connectivity index (χ0v) is 11.3. The van der Waals surface area contributed by atoms with Crippen LogP contribution in [0.25, 0.3) is 0 Å². The Hall–Kier alpha value is -0.300. The molecule has 1 aliphatic rings. The maximum absolute atomic E-state index is 10.8. The van der Waals surface area contributed by atoms with Crippen molar-refractivity contribution in [2.75, 3.05) is 38.6 Å². The molecule has 0 saturated carbocycles. The summed E-state index contributed by atoms with van der Waals surface area (Å²) in [5, 5.41) is 8.90. The maximum Gasteiger partial charge on any atom is 0.321 e. The predicted octanol–water partition coefficient (Wildman–Crippen LogP) is 0.242. The molecule has 3 N–H and O–H groups in total. The molecule has 0 aromatic carbocycles. The molecule has 1 saturated heterocycles. The number of hydrogen-bond acceptors (Lipinski definition) is 5. The SMILES string of the molecule is CC(C)(SCCN1CCOCC1)[C@H](N)C(=O)O. The van der Waals surface area contributed by atoms with Gasteiger partial charge in [0.15, 0.2) is 0 Å². The summed E-state index contributed by atoms with van der Waals surface area (Å²) in [5.41, 5.74) is 5.66. The molecule has 1 fully saturated rings. The Morgan fingerprint density at radius 2 is 2.12 bits per heavy atom. The first kappa shape index (κ1) is 14.8. The number of carbonyl (C=O) groups is 1. The summed E-state index contributed by atoms with van der Waals surface area (Å²) >= 11 is 1.62. The molecule has 1 heterocycles. The maximum atomic E-state index is 10.8. The number of nitrogens with two attached hydrogens (primary N) is 1. The molecule has 6 heteroatoms. The van der Waals surface area contributed by atoms with E-state index in [9.17, 15) is 4.79 Å². The molecule has 1 aliphatic heterocycles. The number of rotatable bonds is 6. The standard InChI is InChI=1S/C11H22N2O3S/c1-11(2,9(12)10(14)15)17-8-5-13-3-6-16-7-4-13/h9H,3-8,12H2,1-2H3,(H,14,15)/t9-/m1/s1. The van der Waals surface area contributed by atoms with E-state index in [1.807, 2.05) is 13.8 Å². The molecule has 0 amide bonds. The lowest BCUT2D eigenvalue weighted by molar-refractivity contribution is -0.139.